The highest BCUT2D eigenvalue weighted by Crippen LogP contribution is 2.27. The number of benzene rings is 2. The molecule has 2 amide bonds. The van der Waals surface area contributed by atoms with Crippen molar-refractivity contribution in [2.24, 2.45) is 0 Å². The largest absolute Gasteiger partial charge is 0.339 e. The van der Waals surface area contributed by atoms with Crippen LogP contribution < -0.4 is 5.32 Å². The highest BCUT2D eigenvalue weighted by atomic mass is 35.5. The van der Waals surface area contributed by atoms with Crippen LogP contribution in [0.25, 0.3) is 10.6 Å². The van der Waals surface area contributed by atoms with Gasteiger partial charge in [0.1, 0.15) is 16.5 Å². The molecule has 1 N–H and O–H groups in total. The number of aromatic nitrogens is 1. The molecule has 1 aliphatic rings. The first-order valence-corrected chi connectivity index (χ1v) is 10.4. The van der Waals surface area contributed by atoms with Crippen LogP contribution in [0.3, 0.4) is 0 Å². The van der Waals surface area contributed by atoms with Gasteiger partial charge in [0, 0.05) is 29.1 Å². The van der Waals surface area contributed by atoms with Gasteiger partial charge in [-0.05, 0) is 55.3 Å². The number of anilines is 1. The van der Waals surface area contributed by atoms with E-state index >= 15 is 0 Å². The number of likely N-dealkylation sites (tertiary alicyclic amines) is 1. The van der Waals surface area contributed by atoms with Crippen LogP contribution in [0.5, 0.6) is 0 Å². The zero-order chi connectivity index (χ0) is 20.4. The lowest BCUT2D eigenvalue weighted by atomic mass is 10.1. The number of rotatable bonds is 4. The van der Waals surface area contributed by atoms with Crippen molar-refractivity contribution in [1.82, 2.24) is 9.88 Å². The Morgan fingerprint density at radius 2 is 1.83 bits per heavy atom. The first kappa shape index (κ1) is 19.5. The maximum absolute atomic E-state index is 13.1. The van der Waals surface area contributed by atoms with Crippen molar-refractivity contribution in [1.29, 1.82) is 0 Å². The number of carbonyl (C=O) groups excluding carboxylic acids is 2. The SMILES string of the molecule is O=C(Nc1cc(Cl)ccc1C(=O)N1CCCC1)c1csc(-c2ccc(F)cc2)n1. The van der Waals surface area contributed by atoms with Crippen LogP contribution in [0.1, 0.15) is 33.7 Å². The van der Waals surface area contributed by atoms with Crippen molar-refractivity contribution >= 4 is 40.4 Å². The molecular formula is C21H17ClFN3O2S. The predicted octanol–water partition coefficient (Wildman–Crippen LogP) is 5.09. The van der Waals surface area contributed by atoms with E-state index < -0.39 is 5.91 Å². The van der Waals surface area contributed by atoms with Gasteiger partial charge in [-0.2, -0.15) is 0 Å². The van der Waals surface area contributed by atoms with Gasteiger partial charge in [0.15, 0.2) is 0 Å². The van der Waals surface area contributed by atoms with E-state index in [4.69, 9.17) is 11.6 Å². The van der Waals surface area contributed by atoms with Crippen molar-refractivity contribution in [3.8, 4) is 10.6 Å². The third kappa shape index (κ3) is 4.31. The number of amides is 2. The highest BCUT2D eigenvalue weighted by molar-refractivity contribution is 7.13. The first-order chi connectivity index (χ1) is 14.0. The second-order valence-electron chi connectivity index (χ2n) is 6.69. The average molecular weight is 430 g/mol. The van der Waals surface area contributed by atoms with Gasteiger partial charge >= 0.3 is 0 Å². The standard InChI is InChI=1S/C21H17ClFN3O2S/c22-14-5-8-16(21(28)26-9-1-2-10-26)17(11-14)24-19(27)18-12-29-20(25-18)13-3-6-15(23)7-4-13/h3-8,11-12H,1-2,9-10H2,(H,24,27). The molecule has 8 heteroatoms. The Morgan fingerprint density at radius 1 is 1.10 bits per heavy atom. The molecule has 2 aromatic carbocycles. The Morgan fingerprint density at radius 3 is 2.55 bits per heavy atom. The second kappa shape index (κ2) is 8.31. The van der Waals surface area contributed by atoms with Crippen molar-refractivity contribution in [3.63, 3.8) is 0 Å². The molecule has 3 aromatic rings. The van der Waals surface area contributed by atoms with E-state index in [1.54, 1.807) is 40.6 Å². The van der Waals surface area contributed by atoms with Gasteiger partial charge < -0.3 is 10.2 Å². The summed E-state index contributed by atoms with van der Waals surface area (Å²) in [5, 5.41) is 5.41. The normalized spacial score (nSPS) is 13.5. The average Bonchev–Trinajstić information content (AvgIpc) is 3.41. The quantitative estimate of drug-likeness (QED) is 0.628. The molecule has 0 bridgehead atoms. The van der Waals surface area contributed by atoms with Gasteiger partial charge in [0.25, 0.3) is 11.8 Å². The van der Waals surface area contributed by atoms with Gasteiger partial charge in [-0.15, -0.1) is 11.3 Å². The maximum Gasteiger partial charge on any atom is 0.275 e. The fourth-order valence-corrected chi connectivity index (χ4v) is 4.16. The van der Waals surface area contributed by atoms with Gasteiger partial charge in [-0.25, -0.2) is 9.37 Å². The summed E-state index contributed by atoms with van der Waals surface area (Å²) in [6.07, 6.45) is 1.96. The number of halogens is 2. The third-order valence-electron chi connectivity index (χ3n) is 4.68. The molecule has 0 atom stereocenters. The molecule has 0 saturated carbocycles. The summed E-state index contributed by atoms with van der Waals surface area (Å²) in [6.45, 7) is 1.42. The van der Waals surface area contributed by atoms with Crippen molar-refractivity contribution in [2.45, 2.75) is 12.8 Å². The predicted molar refractivity (Wildman–Crippen MR) is 112 cm³/mol. The molecule has 0 aliphatic carbocycles. The summed E-state index contributed by atoms with van der Waals surface area (Å²) in [4.78, 5) is 31.6. The lowest BCUT2D eigenvalue weighted by Gasteiger charge is -2.18. The van der Waals surface area contributed by atoms with Crippen LogP contribution in [0, 0.1) is 5.82 Å². The van der Waals surface area contributed by atoms with Crippen LogP contribution in [0.4, 0.5) is 10.1 Å². The smallest absolute Gasteiger partial charge is 0.275 e. The van der Waals surface area contributed by atoms with E-state index in [0.29, 0.717) is 34.4 Å². The van der Waals surface area contributed by atoms with Crippen LogP contribution in [0.2, 0.25) is 5.02 Å². The summed E-state index contributed by atoms with van der Waals surface area (Å²) in [5.41, 5.74) is 1.70. The minimum Gasteiger partial charge on any atom is -0.339 e. The fraction of sp³-hybridized carbons (Fsp3) is 0.190. The van der Waals surface area contributed by atoms with E-state index in [9.17, 15) is 14.0 Å². The summed E-state index contributed by atoms with van der Waals surface area (Å²) in [7, 11) is 0. The molecule has 0 radical (unpaired) electrons. The van der Waals surface area contributed by atoms with E-state index in [0.717, 1.165) is 18.4 Å². The summed E-state index contributed by atoms with van der Waals surface area (Å²) >= 11 is 7.37. The minimum absolute atomic E-state index is 0.125. The van der Waals surface area contributed by atoms with Crippen molar-refractivity contribution in [2.75, 3.05) is 18.4 Å². The molecule has 1 fully saturated rings. The van der Waals surface area contributed by atoms with Crippen molar-refractivity contribution < 1.29 is 14.0 Å². The van der Waals surface area contributed by atoms with Gasteiger partial charge in [-0.1, -0.05) is 11.6 Å². The van der Waals surface area contributed by atoms with Gasteiger partial charge in [-0.3, -0.25) is 9.59 Å². The lowest BCUT2D eigenvalue weighted by Crippen LogP contribution is -2.28. The van der Waals surface area contributed by atoms with E-state index in [-0.39, 0.29) is 17.4 Å². The molecule has 1 saturated heterocycles. The number of nitrogens with one attached hydrogen (secondary N) is 1. The van der Waals surface area contributed by atoms with E-state index in [1.807, 2.05) is 0 Å². The monoisotopic (exact) mass is 429 g/mol. The Bertz CT molecular complexity index is 1060. The minimum atomic E-state index is -0.438. The molecule has 1 aromatic heterocycles. The fourth-order valence-electron chi connectivity index (χ4n) is 3.19. The number of thiazole rings is 1. The summed E-state index contributed by atoms with van der Waals surface area (Å²) in [5.74, 6) is -0.897. The molecule has 2 heterocycles. The van der Waals surface area contributed by atoms with Gasteiger partial charge in [0.2, 0.25) is 0 Å². The Hall–Kier alpha value is -2.77. The van der Waals surface area contributed by atoms with Crippen LogP contribution in [-0.2, 0) is 0 Å². The lowest BCUT2D eigenvalue weighted by molar-refractivity contribution is 0.0794. The molecule has 0 unspecified atom stereocenters. The first-order valence-electron chi connectivity index (χ1n) is 9.13. The zero-order valence-corrected chi connectivity index (χ0v) is 16.9. The number of hydrogen-bond donors (Lipinski definition) is 1. The highest BCUT2D eigenvalue weighted by Gasteiger charge is 2.23. The molecular weight excluding hydrogens is 413 g/mol. The number of nitrogens with zero attached hydrogens (tertiary/aromatic N) is 2. The molecule has 1 aliphatic heterocycles. The van der Waals surface area contributed by atoms with Crippen LogP contribution in [-0.4, -0.2) is 34.8 Å². The molecule has 5 nitrogen and oxygen atoms in total. The molecule has 0 spiro atoms. The topological polar surface area (TPSA) is 62.3 Å². The Balaban J connectivity index is 1.56. The van der Waals surface area contributed by atoms with Crippen LogP contribution in [0.15, 0.2) is 47.8 Å². The van der Waals surface area contributed by atoms with Crippen LogP contribution >= 0.6 is 22.9 Å². The molecule has 148 valence electrons. The Labute approximate surface area is 176 Å². The van der Waals surface area contributed by atoms with Crippen molar-refractivity contribution in [3.05, 3.63) is 69.9 Å². The van der Waals surface area contributed by atoms with Gasteiger partial charge in [0.05, 0.1) is 11.3 Å². The molecule has 4 rings (SSSR count). The van der Waals surface area contributed by atoms with E-state index in [2.05, 4.69) is 10.3 Å². The summed E-state index contributed by atoms with van der Waals surface area (Å²) < 4.78 is 13.1. The molecule has 29 heavy (non-hydrogen) atoms. The third-order valence-corrected chi connectivity index (χ3v) is 5.81. The number of hydrogen-bond acceptors (Lipinski definition) is 4. The maximum atomic E-state index is 13.1. The number of carbonyl (C=O) groups is 2. The van der Waals surface area contributed by atoms with E-state index in [1.165, 1.54) is 23.5 Å². The summed E-state index contributed by atoms with van der Waals surface area (Å²) in [6, 6.07) is 10.7. The Kier molecular flexibility index (Phi) is 5.60. The zero-order valence-electron chi connectivity index (χ0n) is 15.3. The second-order valence-corrected chi connectivity index (χ2v) is 7.98.